The van der Waals surface area contributed by atoms with E-state index in [0.29, 0.717) is 30.0 Å². The van der Waals surface area contributed by atoms with Crippen molar-refractivity contribution < 1.29 is 27.8 Å². The zero-order chi connectivity index (χ0) is 23.4. The second kappa shape index (κ2) is 10.2. The van der Waals surface area contributed by atoms with Gasteiger partial charge in [-0.1, -0.05) is 37.5 Å². The number of carboxylic acids is 1. The van der Waals surface area contributed by atoms with Crippen LogP contribution in [0.2, 0.25) is 0 Å². The SMILES string of the molecule is O=C(O)CCN1CCc2ccc(OCc3ccc(C4CCCCC4)c(C(F)(F)F)c3)cc2C1. The van der Waals surface area contributed by atoms with Gasteiger partial charge in [0.1, 0.15) is 12.4 Å². The van der Waals surface area contributed by atoms with Crippen molar-refractivity contribution in [2.24, 2.45) is 0 Å². The van der Waals surface area contributed by atoms with E-state index in [1.165, 1.54) is 11.6 Å². The van der Waals surface area contributed by atoms with Crippen LogP contribution in [0.3, 0.4) is 0 Å². The van der Waals surface area contributed by atoms with E-state index in [-0.39, 0.29) is 18.9 Å². The first kappa shape index (κ1) is 23.6. The number of alkyl halides is 3. The van der Waals surface area contributed by atoms with Crippen molar-refractivity contribution in [3.63, 3.8) is 0 Å². The molecule has 7 heteroatoms. The standard InChI is InChI=1S/C26H30F3NO3/c27-26(28,29)24-14-18(6-9-23(24)20-4-2-1-3-5-20)17-33-22-8-7-19-10-12-30(13-11-25(31)32)16-21(19)15-22/h6-9,14-15,20H,1-5,10-13,16-17H2,(H,31,32). The van der Waals surface area contributed by atoms with Crippen molar-refractivity contribution in [1.82, 2.24) is 4.90 Å². The molecule has 0 bridgehead atoms. The van der Waals surface area contributed by atoms with Crippen LogP contribution in [0.5, 0.6) is 5.75 Å². The van der Waals surface area contributed by atoms with E-state index in [9.17, 15) is 18.0 Å². The van der Waals surface area contributed by atoms with Crippen LogP contribution in [0.1, 0.15) is 72.3 Å². The summed E-state index contributed by atoms with van der Waals surface area (Å²) in [5.74, 6) is -0.223. The molecule has 4 nitrogen and oxygen atoms in total. The number of fused-ring (bicyclic) bond motifs is 1. The second-order valence-corrected chi connectivity index (χ2v) is 9.14. The molecule has 1 fully saturated rings. The lowest BCUT2D eigenvalue weighted by atomic mass is 9.81. The van der Waals surface area contributed by atoms with Crippen LogP contribution < -0.4 is 4.74 Å². The third-order valence-electron chi connectivity index (χ3n) is 6.78. The van der Waals surface area contributed by atoms with Crippen molar-refractivity contribution >= 4 is 5.97 Å². The number of rotatable bonds is 7. The van der Waals surface area contributed by atoms with Gasteiger partial charge in [0.2, 0.25) is 0 Å². The van der Waals surface area contributed by atoms with Crippen LogP contribution in [-0.4, -0.2) is 29.1 Å². The van der Waals surface area contributed by atoms with Gasteiger partial charge < -0.3 is 9.84 Å². The first-order valence-electron chi connectivity index (χ1n) is 11.7. The fourth-order valence-corrected chi connectivity index (χ4v) is 5.00. The van der Waals surface area contributed by atoms with Crippen LogP contribution in [0.4, 0.5) is 13.2 Å². The zero-order valence-electron chi connectivity index (χ0n) is 18.7. The maximum atomic E-state index is 13.8. The quantitative estimate of drug-likeness (QED) is 0.536. The Balaban J connectivity index is 1.45. The van der Waals surface area contributed by atoms with Gasteiger partial charge in [-0.05, 0) is 65.6 Å². The summed E-state index contributed by atoms with van der Waals surface area (Å²) in [6, 6.07) is 10.4. The molecule has 1 heterocycles. The molecule has 0 atom stereocenters. The summed E-state index contributed by atoms with van der Waals surface area (Å²) in [5.41, 5.74) is 2.66. The highest BCUT2D eigenvalue weighted by molar-refractivity contribution is 5.66. The first-order chi connectivity index (χ1) is 15.8. The lowest BCUT2D eigenvalue weighted by Crippen LogP contribution is -2.32. The third-order valence-corrected chi connectivity index (χ3v) is 6.78. The molecule has 0 unspecified atom stereocenters. The molecule has 0 saturated heterocycles. The summed E-state index contributed by atoms with van der Waals surface area (Å²) in [4.78, 5) is 12.9. The van der Waals surface area contributed by atoms with E-state index in [0.717, 1.165) is 50.6 Å². The van der Waals surface area contributed by atoms with Gasteiger partial charge in [0.05, 0.1) is 12.0 Å². The van der Waals surface area contributed by atoms with Gasteiger partial charge in [-0.2, -0.15) is 13.2 Å². The Morgan fingerprint density at radius 3 is 2.58 bits per heavy atom. The predicted molar refractivity (Wildman–Crippen MR) is 119 cm³/mol. The molecule has 4 rings (SSSR count). The number of carbonyl (C=O) groups is 1. The minimum absolute atomic E-state index is 0.0185. The molecule has 1 saturated carbocycles. The number of aliphatic carboxylic acids is 1. The fourth-order valence-electron chi connectivity index (χ4n) is 5.00. The van der Waals surface area contributed by atoms with Crippen molar-refractivity contribution in [3.05, 3.63) is 64.2 Å². The molecule has 1 aliphatic carbocycles. The van der Waals surface area contributed by atoms with Crippen molar-refractivity contribution in [1.29, 1.82) is 0 Å². The average Bonchev–Trinajstić information content (AvgIpc) is 2.81. The van der Waals surface area contributed by atoms with Gasteiger partial charge in [-0.3, -0.25) is 9.69 Å². The first-order valence-corrected chi connectivity index (χ1v) is 11.7. The van der Waals surface area contributed by atoms with Gasteiger partial charge in [-0.25, -0.2) is 0 Å². The Labute approximate surface area is 192 Å². The van der Waals surface area contributed by atoms with Crippen molar-refractivity contribution in [3.8, 4) is 5.75 Å². The summed E-state index contributed by atoms with van der Waals surface area (Å²) < 4.78 is 47.3. The van der Waals surface area contributed by atoms with E-state index in [4.69, 9.17) is 9.84 Å². The highest BCUT2D eigenvalue weighted by Crippen LogP contribution is 2.41. The summed E-state index contributed by atoms with van der Waals surface area (Å²) in [6.07, 6.45) is 1.26. The maximum absolute atomic E-state index is 13.8. The average molecular weight is 462 g/mol. The lowest BCUT2D eigenvalue weighted by Gasteiger charge is -2.28. The molecular formula is C26H30F3NO3. The summed E-state index contributed by atoms with van der Waals surface area (Å²) in [5, 5.41) is 8.91. The Bertz CT molecular complexity index is 983. The predicted octanol–water partition coefficient (Wildman–Crippen LogP) is 6.16. The molecule has 2 aliphatic rings. The molecule has 0 amide bonds. The third kappa shape index (κ3) is 6.08. The van der Waals surface area contributed by atoms with Crippen LogP contribution in [0, 0.1) is 0 Å². The largest absolute Gasteiger partial charge is 0.489 e. The highest BCUT2D eigenvalue weighted by Gasteiger charge is 2.35. The summed E-state index contributed by atoms with van der Waals surface area (Å²) >= 11 is 0. The second-order valence-electron chi connectivity index (χ2n) is 9.14. The van der Waals surface area contributed by atoms with Crippen molar-refractivity contribution in [2.75, 3.05) is 13.1 Å². The minimum atomic E-state index is -4.38. The Hall–Kier alpha value is -2.54. The zero-order valence-corrected chi connectivity index (χ0v) is 18.7. The van der Waals surface area contributed by atoms with Gasteiger partial charge in [0.25, 0.3) is 0 Å². The van der Waals surface area contributed by atoms with Crippen LogP contribution in [0.25, 0.3) is 0 Å². The van der Waals surface area contributed by atoms with Gasteiger partial charge in [-0.15, -0.1) is 0 Å². The molecule has 0 radical (unpaired) electrons. The monoisotopic (exact) mass is 461 g/mol. The van der Waals surface area contributed by atoms with Gasteiger partial charge in [0.15, 0.2) is 0 Å². The van der Waals surface area contributed by atoms with Crippen LogP contribution in [0.15, 0.2) is 36.4 Å². The number of nitrogens with zero attached hydrogens (tertiary/aromatic N) is 1. The number of hydrogen-bond acceptors (Lipinski definition) is 3. The molecule has 0 aromatic heterocycles. The summed E-state index contributed by atoms with van der Waals surface area (Å²) in [7, 11) is 0. The molecule has 1 aliphatic heterocycles. The highest BCUT2D eigenvalue weighted by atomic mass is 19.4. The van der Waals surface area contributed by atoms with Gasteiger partial charge in [0, 0.05) is 19.6 Å². The smallest absolute Gasteiger partial charge is 0.416 e. The molecule has 0 spiro atoms. The Morgan fingerprint density at radius 2 is 1.85 bits per heavy atom. The molecule has 2 aromatic carbocycles. The fraction of sp³-hybridized carbons (Fsp3) is 0.500. The molecular weight excluding hydrogens is 431 g/mol. The topological polar surface area (TPSA) is 49.8 Å². The molecule has 178 valence electrons. The van der Waals surface area contributed by atoms with Crippen LogP contribution in [-0.2, 0) is 30.5 Å². The molecule has 33 heavy (non-hydrogen) atoms. The van der Waals surface area contributed by atoms with Crippen LogP contribution >= 0.6 is 0 Å². The van der Waals surface area contributed by atoms with E-state index in [2.05, 4.69) is 4.90 Å². The molecule has 2 aromatic rings. The van der Waals surface area contributed by atoms with E-state index in [1.807, 2.05) is 18.2 Å². The number of ether oxygens (including phenoxy) is 1. The van der Waals surface area contributed by atoms with E-state index >= 15 is 0 Å². The minimum Gasteiger partial charge on any atom is -0.489 e. The Kier molecular flexibility index (Phi) is 7.27. The molecule has 1 N–H and O–H groups in total. The van der Waals surface area contributed by atoms with E-state index in [1.54, 1.807) is 12.1 Å². The normalized spacial score (nSPS) is 17.5. The number of benzene rings is 2. The van der Waals surface area contributed by atoms with Gasteiger partial charge >= 0.3 is 12.1 Å². The Morgan fingerprint density at radius 1 is 1.06 bits per heavy atom. The number of carboxylic acid groups (broad SMARTS) is 1. The lowest BCUT2D eigenvalue weighted by molar-refractivity contribution is -0.139. The van der Waals surface area contributed by atoms with Crippen molar-refractivity contribution in [2.45, 2.75) is 70.2 Å². The summed E-state index contributed by atoms with van der Waals surface area (Å²) in [6.45, 7) is 2.02. The number of hydrogen-bond donors (Lipinski definition) is 1. The van der Waals surface area contributed by atoms with E-state index < -0.39 is 17.7 Å². The number of halogens is 3. The maximum Gasteiger partial charge on any atom is 0.416 e.